The second-order valence-electron chi connectivity index (χ2n) is 10.3. The van der Waals surface area contributed by atoms with Crippen LogP contribution >= 0.6 is 11.8 Å². The molecule has 1 aliphatic carbocycles. The number of aliphatic hydroxyl groups excluding tert-OH is 1. The first-order valence-electron chi connectivity index (χ1n) is 12.1. The molecule has 3 aromatic rings. The van der Waals surface area contributed by atoms with Crippen molar-refractivity contribution in [1.29, 1.82) is 0 Å². The van der Waals surface area contributed by atoms with Crippen molar-refractivity contribution < 1.29 is 14.6 Å². The van der Waals surface area contributed by atoms with E-state index in [0.717, 1.165) is 22.3 Å². The minimum absolute atomic E-state index is 0.125. The fourth-order valence-electron chi connectivity index (χ4n) is 4.88. The van der Waals surface area contributed by atoms with Gasteiger partial charge in [-0.3, -0.25) is 14.3 Å². The van der Waals surface area contributed by atoms with E-state index < -0.39 is 17.8 Å². The molecule has 1 amide bonds. The Balaban J connectivity index is 1.65. The Kier molecular flexibility index (Phi) is 6.20. The lowest BCUT2D eigenvalue weighted by atomic mass is 9.89. The van der Waals surface area contributed by atoms with E-state index in [1.807, 2.05) is 63.1 Å². The maximum Gasteiger partial charge on any atom is 0.414 e. The van der Waals surface area contributed by atoms with Crippen LogP contribution in [0.2, 0.25) is 0 Å². The third-order valence-corrected chi connectivity index (χ3v) is 7.16. The predicted molar refractivity (Wildman–Crippen MR) is 142 cm³/mol. The largest absolute Gasteiger partial charge is 0.443 e. The molecule has 5 rings (SSSR count). The Morgan fingerprint density at radius 2 is 1.94 bits per heavy atom. The van der Waals surface area contributed by atoms with E-state index in [-0.39, 0.29) is 11.6 Å². The number of pyridine rings is 1. The van der Waals surface area contributed by atoms with E-state index in [4.69, 9.17) is 4.74 Å². The average molecular weight is 510 g/mol. The van der Waals surface area contributed by atoms with Crippen LogP contribution in [-0.4, -0.2) is 56.8 Å². The SMILES string of the molecule is CSc1ncc2cc(N3CCN(C(=O)OC(C)(C)C)c4c(C)cccc43)c(=O)n(C3CC(O)C3)c2n1. The molecule has 3 heterocycles. The number of para-hydroxylation sites is 1. The summed E-state index contributed by atoms with van der Waals surface area (Å²) in [4.78, 5) is 39.8. The standard InChI is InChI=1S/C26H31N5O4S/c1-15-7-6-8-19-21(15)30(25(34)35-26(2,3)4)10-9-29(19)20-11-16-14-27-24(36-5)28-22(16)31(23(20)33)17-12-18(32)13-17/h6-8,11,14,17-18,32H,9-10,12-13H2,1-5H3. The lowest BCUT2D eigenvalue weighted by molar-refractivity contribution is 0.0487. The molecule has 0 bridgehead atoms. The topological polar surface area (TPSA) is 101 Å². The van der Waals surface area contributed by atoms with Gasteiger partial charge in [-0.15, -0.1) is 0 Å². The molecule has 1 N–H and O–H groups in total. The highest BCUT2D eigenvalue weighted by Crippen LogP contribution is 2.41. The molecule has 1 saturated carbocycles. The van der Waals surface area contributed by atoms with Gasteiger partial charge in [0.25, 0.3) is 5.56 Å². The normalized spacial score (nSPS) is 19.7. The molecule has 0 spiro atoms. The Morgan fingerprint density at radius 1 is 1.19 bits per heavy atom. The van der Waals surface area contributed by atoms with E-state index in [0.29, 0.717) is 42.4 Å². The van der Waals surface area contributed by atoms with Crippen LogP contribution in [0.1, 0.15) is 45.2 Å². The van der Waals surface area contributed by atoms with E-state index in [1.165, 1.54) is 11.8 Å². The van der Waals surface area contributed by atoms with Crippen molar-refractivity contribution in [2.24, 2.45) is 0 Å². The van der Waals surface area contributed by atoms with E-state index in [1.54, 1.807) is 15.7 Å². The van der Waals surface area contributed by atoms with Crippen LogP contribution in [0.5, 0.6) is 0 Å². The predicted octanol–water partition coefficient (Wildman–Crippen LogP) is 4.41. The number of aromatic nitrogens is 3. The molecule has 0 atom stereocenters. The number of rotatable bonds is 3. The molecule has 1 fully saturated rings. The summed E-state index contributed by atoms with van der Waals surface area (Å²) in [7, 11) is 0. The molecule has 10 heteroatoms. The van der Waals surface area contributed by atoms with E-state index >= 15 is 0 Å². The van der Waals surface area contributed by atoms with Crippen molar-refractivity contribution in [3.8, 4) is 0 Å². The number of carbonyl (C=O) groups is 1. The first-order chi connectivity index (χ1) is 17.1. The number of hydrogen-bond donors (Lipinski definition) is 1. The Hall–Kier alpha value is -3.11. The maximum absolute atomic E-state index is 14.0. The monoisotopic (exact) mass is 509 g/mol. The van der Waals surface area contributed by atoms with Gasteiger partial charge in [0.2, 0.25) is 0 Å². The first-order valence-corrected chi connectivity index (χ1v) is 13.3. The highest BCUT2D eigenvalue weighted by Gasteiger charge is 2.35. The van der Waals surface area contributed by atoms with Crippen LogP contribution in [0.4, 0.5) is 21.9 Å². The minimum Gasteiger partial charge on any atom is -0.443 e. The number of anilines is 3. The summed E-state index contributed by atoms with van der Waals surface area (Å²) in [5.41, 5.74) is 2.72. The molecule has 1 aliphatic heterocycles. The first kappa shape index (κ1) is 24.6. The number of thioether (sulfide) groups is 1. The number of ether oxygens (including phenoxy) is 1. The zero-order valence-electron chi connectivity index (χ0n) is 21.2. The van der Waals surface area contributed by atoms with Gasteiger partial charge in [0, 0.05) is 30.7 Å². The quantitative estimate of drug-likeness (QED) is 0.409. The fraction of sp³-hybridized carbons (Fsp3) is 0.462. The van der Waals surface area contributed by atoms with Gasteiger partial charge in [0.1, 0.15) is 16.9 Å². The summed E-state index contributed by atoms with van der Waals surface area (Å²) in [5, 5.41) is 11.3. The summed E-state index contributed by atoms with van der Waals surface area (Å²) >= 11 is 1.42. The second kappa shape index (κ2) is 9.08. The Bertz CT molecular complexity index is 1390. The number of benzene rings is 1. The molecule has 36 heavy (non-hydrogen) atoms. The average Bonchev–Trinajstić information content (AvgIpc) is 2.80. The summed E-state index contributed by atoms with van der Waals surface area (Å²) in [6.07, 6.45) is 3.85. The summed E-state index contributed by atoms with van der Waals surface area (Å²) in [6.45, 7) is 8.28. The zero-order chi connectivity index (χ0) is 25.8. The van der Waals surface area contributed by atoms with Crippen LogP contribution in [0.25, 0.3) is 11.0 Å². The van der Waals surface area contributed by atoms with Crippen molar-refractivity contribution in [2.75, 3.05) is 29.1 Å². The Morgan fingerprint density at radius 3 is 2.61 bits per heavy atom. The number of carbonyl (C=O) groups excluding carboxylic acids is 1. The number of aryl methyl sites for hydroxylation is 1. The molecule has 2 aromatic heterocycles. The number of fused-ring (bicyclic) bond motifs is 2. The molecule has 9 nitrogen and oxygen atoms in total. The molecule has 0 radical (unpaired) electrons. The molecule has 0 unspecified atom stereocenters. The van der Waals surface area contributed by atoms with Crippen LogP contribution < -0.4 is 15.4 Å². The minimum atomic E-state index is -0.619. The number of hydrogen-bond acceptors (Lipinski definition) is 8. The highest BCUT2D eigenvalue weighted by molar-refractivity contribution is 7.98. The van der Waals surface area contributed by atoms with Crippen molar-refractivity contribution >= 4 is 46.0 Å². The third-order valence-electron chi connectivity index (χ3n) is 6.60. The van der Waals surface area contributed by atoms with E-state index in [2.05, 4.69) is 9.97 Å². The Labute approximate surface area is 214 Å². The summed E-state index contributed by atoms with van der Waals surface area (Å²) < 4.78 is 7.39. The molecular formula is C26H31N5O4S. The van der Waals surface area contributed by atoms with Crippen molar-refractivity contribution in [2.45, 2.75) is 63.4 Å². The van der Waals surface area contributed by atoms with Gasteiger partial charge in [0.15, 0.2) is 5.16 Å². The number of amides is 1. The molecule has 2 aliphatic rings. The third kappa shape index (κ3) is 4.32. The summed E-state index contributed by atoms with van der Waals surface area (Å²) in [6, 6.07) is 7.51. The van der Waals surface area contributed by atoms with E-state index in [9.17, 15) is 14.7 Å². The number of aliphatic hydroxyl groups is 1. The molecular weight excluding hydrogens is 478 g/mol. The van der Waals surface area contributed by atoms with Gasteiger partial charge in [0.05, 0.1) is 17.5 Å². The van der Waals surface area contributed by atoms with Gasteiger partial charge in [-0.1, -0.05) is 23.9 Å². The van der Waals surface area contributed by atoms with Crippen LogP contribution in [0, 0.1) is 6.92 Å². The second-order valence-corrected chi connectivity index (χ2v) is 11.1. The molecule has 1 aromatic carbocycles. The van der Waals surface area contributed by atoms with Crippen molar-refractivity contribution in [3.05, 3.63) is 46.4 Å². The van der Waals surface area contributed by atoms with Gasteiger partial charge in [-0.2, -0.15) is 0 Å². The number of nitrogens with zero attached hydrogens (tertiary/aromatic N) is 5. The summed E-state index contributed by atoms with van der Waals surface area (Å²) in [5.74, 6) is 0. The van der Waals surface area contributed by atoms with Crippen LogP contribution in [0.3, 0.4) is 0 Å². The maximum atomic E-state index is 14.0. The smallest absolute Gasteiger partial charge is 0.414 e. The van der Waals surface area contributed by atoms with Crippen LogP contribution in [0.15, 0.2) is 40.4 Å². The molecule has 0 saturated heterocycles. The van der Waals surface area contributed by atoms with Gasteiger partial charge < -0.3 is 14.7 Å². The van der Waals surface area contributed by atoms with Crippen molar-refractivity contribution in [3.63, 3.8) is 0 Å². The van der Waals surface area contributed by atoms with Gasteiger partial charge in [-0.25, -0.2) is 14.8 Å². The highest BCUT2D eigenvalue weighted by atomic mass is 32.2. The fourth-order valence-corrected chi connectivity index (χ4v) is 5.22. The molecule has 190 valence electrons. The lowest BCUT2D eigenvalue weighted by Gasteiger charge is -2.39. The van der Waals surface area contributed by atoms with Crippen molar-refractivity contribution in [1.82, 2.24) is 14.5 Å². The van der Waals surface area contributed by atoms with Gasteiger partial charge >= 0.3 is 6.09 Å². The zero-order valence-corrected chi connectivity index (χ0v) is 22.0. The van der Waals surface area contributed by atoms with Crippen LogP contribution in [-0.2, 0) is 4.74 Å². The van der Waals surface area contributed by atoms with Gasteiger partial charge in [-0.05, 0) is 64.5 Å². The lowest BCUT2D eigenvalue weighted by Crippen LogP contribution is -2.46.